The van der Waals surface area contributed by atoms with Crippen molar-refractivity contribution in [3.05, 3.63) is 94.3 Å². The summed E-state index contributed by atoms with van der Waals surface area (Å²) in [5.41, 5.74) is 1.30. The number of pyridine rings is 2. The van der Waals surface area contributed by atoms with E-state index in [1.807, 2.05) is 38.1 Å². The Morgan fingerprint density at radius 3 is 2.05 bits per heavy atom. The van der Waals surface area contributed by atoms with Crippen LogP contribution >= 0.6 is 0 Å². The second-order valence-corrected chi connectivity index (χ2v) is 10.3. The molecule has 2 aromatic heterocycles. The van der Waals surface area contributed by atoms with E-state index in [2.05, 4.69) is 9.97 Å². The van der Waals surface area contributed by atoms with E-state index in [-0.39, 0.29) is 30.0 Å². The normalized spacial score (nSPS) is 12.6. The van der Waals surface area contributed by atoms with Gasteiger partial charge in [-0.2, -0.15) is 26.3 Å². The van der Waals surface area contributed by atoms with Crippen molar-refractivity contribution in [1.29, 1.82) is 5.41 Å². The maximum absolute atomic E-state index is 13.3. The third-order valence-electron chi connectivity index (χ3n) is 7.00. The van der Waals surface area contributed by atoms with Crippen molar-refractivity contribution in [2.45, 2.75) is 45.1 Å². The van der Waals surface area contributed by atoms with E-state index in [1.165, 1.54) is 14.2 Å². The Morgan fingerprint density at radius 1 is 0.841 bits per heavy atom. The quantitative estimate of drug-likeness (QED) is 0.146. The van der Waals surface area contributed by atoms with Crippen molar-refractivity contribution in [3.8, 4) is 34.0 Å². The van der Waals surface area contributed by atoms with Gasteiger partial charge in [-0.3, -0.25) is 0 Å². The van der Waals surface area contributed by atoms with Gasteiger partial charge in [0.25, 0.3) is 0 Å². The first kappa shape index (κ1) is 32.5. The van der Waals surface area contributed by atoms with Crippen molar-refractivity contribution >= 4 is 5.71 Å². The average Bonchev–Trinajstić information content (AvgIpc) is 2.95. The molecule has 0 radical (unpaired) electrons. The summed E-state index contributed by atoms with van der Waals surface area (Å²) in [6, 6.07) is 12.0. The summed E-state index contributed by atoms with van der Waals surface area (Å²) >= 11 is 0. The van der Waals surface area contributed by atoms with Crippen LogP contribution in [0.4, 0.5) is 26.3 Å². The van der Waals surface area contributed by atoms with Crippen LogP contribution in [0, 0.1) is 19.3 Å². The number of halogens is 6. The molecule has 4 rings (SSSR count). The molecule has 1 atom stereocenters. The van der Waals surface area contributed by atoms with Gasteiger partial charge in [0, 0.05) is 47.5 Å². The molecule has 0 aliphatic heterocycles. The van der Waals surface area contributed by atoms with Gasteiger partial charge in [-0.25, -0.2) is 9.97 Å². The summed E-state index contributed by atoms with van der Waals surface area (Å²) in [6.07, 6.45) is -11.0. The number of nitrogens with zero attached hydrogens (tertiary/aromatic N) is 2. The van der Waals surface area contributed by atoms with E-state index in [0.29, 0.717) is 29.0 Å². The molecule has 44 heavy (non-hydrogen) atoms. The fourth-order valence-electron chi connectivity index (χ4n) is 4.86. The zero-order valence-electron chi connectivity index (χ0n) is 24.2. The summed E-state index contributed by atoms with van der Waals surface area (Å²) in [5, 5.41) is 19.2. The number of benzene rings is 2. The monoisotopic (exact) mass is 617 g/mol. The lowest BCUT2D eigenvalue weighted by molar-refractivity contribution is -0.143. The fraction of sp³-hybridized carbons (Fsp3) is 0.281. The maximum Gasteiger partial charge on any atom is 0.416 e. The molecular weight excluding hydrogens is 588 g/mol. The van der Waals surface area contributed by atoms with Crippen LogP contribution in [0.15, 0.2) is 60.8 Å². The molecule has 12 heteroatoms. The van der Waals surface area contributed by atoms with Crippen molar-refractivity contribution in [1.82, 2.24) is 9.97 Å². The number of ether oxygens (including phenoxy) is 2. The van der Waals surface area contributed by atoms with Crippen LogP contribution in [-0.4, -0.2) is 35.0 Å². The molecule has 0 spiro atoms. The number of aryl methyl sites for hydroxylation is 2. The number of alkyl halides is 6. The average molecular weight is 618 g/mol. The van der Waals surface area contributed by atoms with Crippen LogP contribution in [0.3, 0.4) is 0 Å². The molecule has 0 amide bonds. The van der Waals surface area contributed by atoms with Gasteiger partial charge in [0.05, 0.1) is 37.1 Å². The zero-order valence-corrected chi connectivity index (χ0v) is 24.2. The summed E-state index contributed by atoms with van der Waals surface area (Å²) < 4.78 is 90.8. The van der Waals surface area contributed by atoms with Crippen molar-refractivity contribution in [2.24, 2.45) is 0 Å². The Labute approximate surface area is 249 Å². The van der Waals surface area contributed by atoms with Crippen LogP contribution in [0.1, 0.15) is 46.0 Å². The molecule has 2 N–H and O–H groups in total. The van der Waals surface area contributed by atoms with Crippen LogP contribution in [0.25, 0.3) is 22.3 Å². The maximum atomic E-state index is 13.3. The number of methoxy groups -OCH3 is 2. The Morgan fingerprint density at radius 2 is 1.48 bits per heavy atom. The van der Waals surface area contributed by atoms with Crippen molar-refractivity contribution in [3.63, 3.8) is 0 Å². The molecule has 232 valence electrons. The minimum absolute atomic E-state index is 0.0123. The fourth-order valence-corrected chi connectivity index (χ4v) is 4.86. The Bertz CT molecular complexity index is 1650. The molecule has 0 saturated heterocycles. The van der Waals surface area contributed by atoms with Gasteiger partial charge in [-0.1, -0.05) is 23.8 Å². The van der Waals surface area contributed by atoms with E-state index >= 15 is 0 Å². The van der Waals surface area contributed by atoms with Gasteiger partial charge in [-0.15, -0.1) is 0 Å². The predicted molar refractivity (Wildman–Crippen MR) is 153 cm³/mol. The van der Waals surface area contributed by atoms with Crippen molar-refractivity contribution in [2.75, 3.05) is 14.2 Å². The highest BCUT2D eigenvalue weighted by atomic mass is 19.4. The Balaban J connectivity index is 1.70. The number of rotatable bonds is 9. The molecular formula is C32H29F6N3O3. The molecule has 0 aliphatic carbocycles. The number of aromatic nitrogens is 2. The van der Waals surface area contributed by atoms with Crippen molar-refractivity contribution < 1.29 is 40.9 Å². The van der Waals surface area contributed by atoms with Crippen LogP contribution in [-0.2, 0) is 18.8 Å². The first-order valence-corrected chi connectivity index (χ1v) is 13.3. The standard InChI is InChI=1S/C32H29F6N3O3/c1-17-5-6-24(18(2)9-17)20-12-26(30(44-4)40-16-20)25-7-8-29(43-3)41-27(25)14-23(39)15-28(42)19-10-21(31(33,34)35)13-22(11-19)32(36,37)38/h5-13,16,28,39,42H,14-15H2,1-4H3/t28-/m0/s1. The molecule has 4 aromatic rings. The summed E-state index contributed by atoms with van der Waals surface area (Å²) in [4.78, 5) is 8.92. The molecule has 2 heterocycles. The molecule has 0 aliphatic rings. The Kier molecular flexibility index (Phi) is 9.33. The number of aliphatic hydroxyl groups is 1. The highest BCUT2D eigenvalue weighted by Crippen LogP contribution is 2.39. The number of hydrogen-bond donors (Lipinski definition) is 2. The van der Waals surface area contributed by atoms with Gasteiger partial charge < -0.3 is 20.0 Å². The highest BCUT2D eigenvalue weighted by molar-refractivity contribution is 5.87. The smallest absolute Gasteiger partial charge is 0.416 e. The van der Waals surface area contributed by atoms with Gasteiger partial charge in [0.1, 0.15) is 0 Å². The third-order valence-corrected chi connectivity index (χ3v) is 7.00. The minimum atomic E-state index is -5.07. The van der Waals surface area contributed by atoms with Gasteiger partial charge in [-0.05, 0) is 60.9 Å². The van der Waals surface area contributed by atoms with Gasteiger partial charge in [0.15, 0.2) is 0 Å². The minimum Gasteiger partial charge on any atom is -0.481 e. The van der Waals surface area contributed by atoms with E-state index in [9.17, 15) is 31.4 Å². The van der Waals surface area contributed by atoms with E-state index < -0.39 is 41.6 Å². The van der Waals surface area contributed by atoms with E-state index in [4.69, 9.17) is 14.9 Å². The lowest BCUT2D eigenvalue weighted by atomic mass is 9.94. The molecule has 0 bridgehead atoms. The Hall–Kier alpha value is -4.45. The second kappa shape index (κ2) is 12.7. The predicted octanol–water partition coefficient (Wildman–Crippen LogP) is 8.17. The lowest BCUT2D eigenvalue weighted by Crippen LogP contribution is -2.15. The topological polar surface area (TPSA) is 88.3 Å². The molecule has 0 fully saturated rings. The number of nitrogens with one attached hydrogen (secondary N) is 1. The van der Waals surface area contributed by atoms with Crippen LogP contribution in [0.5, 0.6) is 11.8 Å². The zero-order chi connectivity index (χ0) is 32.4. The van der Waals surface area contributed by atoms with E-state index in [1.54, 1.807) is 18.3 Å². The van der Waals surface area contributed by atoms with Crippen LogP contribution in [0.2, 0.25) is 0 Å². The van der Waals surface area contributed by atoms with Crippen LogP contribution < -0.4 is 9.47 Å². The molecule has 0 saturated carbocycles. The first-order valence-electron chi connectivity index (χ1n) is 13.3. The number of aliphatic hydroxyl groups excluding tert-OH is 1. The number of hydrogen-bond acceptors (Lipinski definition) is 6. The largest absolute Gasteiger partial charge is 0.481 e. The van der Waals surface area contributed by atoms with Gasteiger partial charge in [0.2, 0.25) is 11.8 Å². The SMILES string of the molecule is COc1ccc(-c2cc(-c3ccc(C)cc3C)cnc2OC)c(CC(=N)C[C@H](O)c2cc(C(F)(F)F)cc(C(F)(F)F)c2)n1. The highest BCUT2D eigenvalue weighted by Gasteiger charge is 2.37. The third kappa shape index (κ3) is 7.36. The van der Waals surface area contributed by atoms with Gasteiger partial charge >= 0.3 is 12.4 Å². The summed E-state index contributed by atoms with van der Waals surface area (Å²) in [5.74, 6) is 0.476. The second-order valence-electron chi connectivity index (χ2n) is 10.3. The van der Waals surface area contributed by atoms with E-state index in [0.717, 1.165) is 22.3 Å². The molecule has 6 nitrogen and oxygen atoms in total. The lowest BCUT2D eigenvalue weighted by Gasteiger charge is -2.18. The molecule has 2 aromatic carbocycles. The first-order chi connectivity index (χ1) is 20.6. The summed E-state index contributed by atoms with van der Waals surface area (Å²) in [7, 11) is 2.84. The molecule has 0 unspecified atom stereocenters. The summed E-state index contributed by atoms with van der Waals surface area (Å²) in [6.45, 7) is 3.96.